The highest BCUT2D eigenvalue weighted by Gasteiger charge is 2.34. The molecule has 0 bridgehead atoms. The van der Waals surface area contributed by atoms with Crippen molar-refractivity contribution in [2.24, 2.45) is 0 Å². The van der Waals surface area contributed by atoms with Crippen LogP contribution >= 0.6 is 0 Å². The lowest BCUT2D eigenvalue weighted by molar-refractivity contribution is -0.170. The second kappa shape index (κ2) is 9.11. The van der Waals surface area contributed by atoms with Gasteiger partial charge in [0.05, 0.1) is 0 Å². The molecule has 0 heterocycles. The second-order valence-electron chi connectivity index (χ2n) is 9.43. The summed E-state index contributed by atoms with van der Waals surface area (Å²) in [5.74, 6) is 0.261. The molecule has 4 nitrogen and oxygen atoms in total. The smallest absolute Gasteiger partial charge is 0.350 e. The monoisotopic (exact) mass is 419 g/mol. The summed E-state index contributed by atoms with van der Waals surface area (Å²) < 4.78 is 11.4. The molecule has 0 aliphatic heterocycles. The van der Waals surface area contributed by atoms with Crippen LogP contribution < -0.4 is 10.1 Å². The molecule has 0 saturated heterocycles. The van der Waals surface area contributed by atoms with Gasteiger partial charge in [0.2, 0.25) is 0 Å². The molecule has 0 amide bonds. The van der Waals surface area contributed by atoms with Crippen molar-refractivity contribution < 1.29 is 14.3 Å². The topological polar surface area (TPSA) is 47.6 Å². The average Bonchev–Trinajstić information content (AvgIpc) is 2.71. The fourth-order valence-electron chi connectivity index (χ4n) is 3.42. The molecule has 0 aliphatic rings. The van der Waals surface area contributed by atoms with Gasteiger partial charge in [0.15, 0.2) is 5.60 Å². The van der Waals surface area contributed by atoms with Crippen LogP contribution in [0.15, 0.2) is 66.7 Å². The maximum Gasteiger partial charge on any atom is 0.350 e. The number of esters is 1. The Bertz CT molecular complexity index is 1030. The van der Waals surface area contributed by atoms with Crippen molar-refractivity contribution >= 4 is 16.7 Å². The van der Waals surface area contributed by atoms with Gasteiger partial charge in [0, 0.05) is 12.6 Å². The van der Waals surface area contributed by atoms with Crippen LogP contribution in [0.3, 0.4) is 0 Å². The van der Waals surface area contributed by atoms with Gasteiger partial charge in [-0.3, -0.25) is 0 Å². The summed E-state index contributed by atoms with van der Waals surface area (Å²) in [6.45, 7) is 11.9. The van der Waals surface area contributed by atoms with Crippen LogP contribution in [0.5, 0.6) is 5.75 Å². The molecule has 0 fully saturated rings. The summed E-state index contributed by atoms with van der Waals surface area (Å²) in [4.78, 5) is 12.4. The van der Waals surface area contributed by atoms with E-state index < -0.39 is 11.2 Å². The van der Waals surface area contributed by atoms with Gasteiger partial charge in [-0.25, -0.2) is 4.79 Å². The Balaban J connectivity index is 1.61. The van der Waals surface area contributed by atoms with Crippen molar-refractivity contribution in [3.05, 3.63) is 77.9 Å². The second-order valence-corrected chi connectivity index (χ2v) is 9.43. The fourth-order valence-corrected chi connectivity index (χ4v) is 3.42. The van der Waals surface area contributed by atoms with E-state index in [1.165, 1.54) is 16.3 Å². The van der Waals surface area contributed by atoms with Gasteiger partial charge in [0.1, 0.15) is 11.4 Å². The largest absolute Gasteiger partial charge is 0.476 e. The maximum atomic E-state index is 12.4. The molecule has 3 aromatic rings. The minimum Gasteiger partial charge on any atom is -0.476 e. The highest BCUT2D eigenvalue weighted by molar-refractivity contribution is 5.86. The number of fused-ring (bicyclic) bond motifs is 1. The van der Waals surface area contributed by atoms with E-state index in [1.54, 1.807) is 13.8 Å². The first kappa shape index (κ1) is 22.8. The van der Waals surface area contributed by atoms with Gasteiger partial charge in [-0.2, -0.15) is 0 Å². The van der Waals surface area contributed by atoms with E-state index in [0.717, 1.165) is 12.1 Å². The van der Waals surface area contributed by atoms with Crippen molar-refractivity contribution in [2.45, 2.75) is 65.3 Å². The van der Waals surface area contributed by atoms with E-state index in [9.17, 15) is 4.79 Å². The van der Waals surface area contributed by atoms with E-state index in [0.29, 0.717) is 5.75 Å². The number of rotatable bonds is 7. The fraction of sp³-hybridized carbons (Fsp3) is 0.370. The van der Waals surface area contributed by atoms with Crippen LogP contribution in [0.1, 0.15) is 58.7 Å². The number of hydrogen-bond acceptors (Lipinski definition) is 4. The van der Waals surface area contributed by atoms with Crippen molar-refractivity contribution in [3.63, 3.8) is 0 Å². The molecule has 31 heavy (non-hydrogen) atoms. The molecule has 4 heteroatoms. The molecular weight excluding hydrogens is 386 g/mol. The summed E-state index contributed by atoms with van der Waals surface area (Å²) >= 11 is 0. The van der Waals surface area contributed by atoms with Crippen molar-refractivity contribution in [1.82, 2.24) is 5.32 Å². The van der Waals surface area contributed by atoms with E-state index in [-0.39, 0.29) is 12.0 Å². The van der Waals surface area contributed by atoms with E-state index in [4.69, 9.17) is 9.47 Å². The van der Waals surface area contributed by atoms with Gasteiger partial charge in [-0.05, 0) is 75.6 Å². The Morgan fingerprint density at radius 2 is 1.55 bits per heavy atom. The number of benzene rings is 3. The Hall–Kier alpha value is -2.85. The van der Waals surface area contributed by atoms with Gasteiger partial charge in [-0.1, -0.05) is 54.6 Å². The summed E-state index contributed by atoms with van der Waals surface area (Å²) in [5.41, 5.74) is 0.830. The van der Waals surface area contributed by atoms with Gasteiger partial charge in [-0.15, -0.1) is 0 Å². The van der Waals surface area contributed by atoms with Crippen LogP contribution in [-0.4, -0.2) is 17.2 Å². The zero-order chi connectivity index (χ0) is 22.6. The third kappa shape index (κ3) is 6.08. The molecule has 1 N–H and O–H groups in total. The lowest BCUT2D eigenvalue weighted by atomic mass is 9.99. The number of nitrogens with one attached hydrogen (secondary N) is 1. The van der Waals surface area contributed by atoms with Gasteiger partial charge >= 0.3 is 5.97 Å². The number of hydrogen-bond donors (Lipinski definition) is 1. The van der Waals surface area contributed by atoms with Crippen LogP contribution in [-0.2, 0) is 16.1 Å². The molecular formula is C27H33NO3. The highest BCUT2D eigenvalue weighted by Crippen LogP contribution is 2.25. The number of carbonyl (C=O) groups excluding carboxylic acids is 1. The first-order chi connectivity index (χ1) is 14.5. The van der Waals surface area contributed by atoms with Crippen LogP contribution in [0.25, 0.3) is 10.8 Å². The van der Waals surface area contributed by atoms with Crippen LogP contribution in [0, 0.1) is 0 Å². The SMILES string of the molecule is C[C@@H](NCc1ccc(OC(C)(C)C(=O)OC(C)(C)C)cc1)c1cccc2ccccc12. The molecule has 0 unspecified atom stereocenters. The average molecular weight is 420 g/mol. The Morgan fingerprint density at radius 3 is 2.23 bits per heavy atom. The summed E-state index contributed by atoms with van der Waals surface area (Å²) in [5, 5.41) is 6.13. The quantitative estimate of drug-likeness (QED) is 0.464. The van der Waals surface area contributed by atoms with Crippen molar-refractivity contribution in [2.75, 3.05) is 0 Å². The van der Waals surface area contributed by atoms with Crippen LogP contribution in [0.2, 0.25) is 0 Å². The normalized spacial score (nSPS) is 13.1. The maximum absolute atomic E-state index is 12.4. The van der Waals surface area contributed by atoms with Crippen LogP contribution in [0.4, 0.5) is 0 Å². The molecule has 0 saturated carbocycles. The molecule has 0 aliphatic carbocycles. The minimum atomic E-state index is -1.06. The van der Waals surface area contributed by atoms with Gasteiger partial charge in [0.25, 0.3) is 0 Å². The standard InChI is InChI=1S/C27H33NO3/c1-19(23-13-9-11-21-10-7-8-12-24(21)23)28-18-20-14-16-22(17-15-20)30-27(5,6)25(29)31-26(2,3)4/h7-17,19,28H,18H2,1-6H3/t19-/m1/s1. The third-order valence-corrected chi connectivity index (χ3v) is 5.09. The highest BCUT2D eigenvalue weighted by atomic mass is 16.6. The Kier molecular flexibility index (Phi) is 6.71. The molecule has 0 radical (unpaired) electrons. The van der Waals surface area contributed by atoms with E-state index in [1.807, 2.05) is 45.0 Å². The predicted octanol–water partition coefficient (Wildman–Crippen LogP) is 6.19. The van der Waals surface area contributed by atoms with Gasteiger partial charge < -0.3 is 14.8 Å². The molecule has 164 valence electrons. The molecule has 1 atom stereocenters. The predicted molar refractivity (Wildman–Crippen MR) is 126 cm³/mol. The lowest BCUT2D eigenvalue weighted by Crippen LogP contribution is -2.43. The minimum absolute atomic E-state index is 0.216. The zero-order valence-corrected chi connectivity index (χ0v) is 19.4. The first-order valence-corrected chi connectivity index (χ1v) is 10.8. The van der Waals surface area contributed by atoms with Crippen molar-refractivity contribution in [3.8, 4) is 5.75 Å². The summed E-state index contributed by atoms with van der Waals surface area (Å²) in [6.07, 6.45) is 0. The van der Waals surface area contributed by atoms with Crippen molar-refractivity contribution in [1.29, 1.82) is 0 Å². The Morgan fingerprint density at radius 1 is 0.903 bits per heavy atom. The lowest BCUT2D eigenvalue weighted by Gasteiger charge is -2.29. The van der Waals surface area contributed by atoms with E-state index in [2.05, 4.69) is 54.7 Å². The zero-order valence-electron chi connectivity index (χ0n) is 19.4. The first-order valence-electron chi connectivity index (χ1n) is 10.8. The van der Waals surface area contributed by atoms with E-state index >= 15 is 0 Å². The number of ether oxygens (including phenoxy) is 2. The molecule has 3 aromatic carbocycles. The Labute approximate surface area is 185 Å². The molecule has 0 spiro atoms. The number of carbonyl (C=O) groups is 1. The molecule has 0 aromatic heterocycles. The summed E-state index contributed by atoms with van der Waals surface area (Å²) in [7, 11) is 0. The summed E-state index contributed by atoms with van der Waals surface area (Å²) in [6, 6.07) is 22.9. The third-order valence-electron chi connectivity index (χ3n) is 5.09. The molecule has 3 rings (SSSR count).